The highest BCUT2D eigenvalue weighted by atomic mass is 79.9. The first-order valence-corrected chi connectivity index (χ1v) is 7.09. The maximum atomic E-state index is 10.9. The fourth-order valence-electron chi connectivity index (χ4n) is 1.62. The molecule has 1 aromatic carbocycles. The van der Waals surface area contributed by atoms with Crippen molar-refractivity contribution in [3.63, 3.8) is 0 Å². The molecule has 0 spiro atoms. The van der Waals surface area contributed by atoms with Gasteiger partial charge >= 0.3 is 0 Å². The van der Waals surface area contributed by atoms with Crippen LogP contribution in [-0.2, 0) is 6.61 Å². The summed E-state index contributed by atoms with van der Waals surface area (Å²) < 4.78 is 5.86. The first-order chi connectivity index (χ1) is 10.0. The molecule has 2 rings (SSSR count). The molecule has 8 heteroatoms. The van der Waals surface area contributed by atoms with Gasteiger partial charge in [0.1, 0.15) is 22.6 Å². The van der Waals surface area contributed by atoms with Crippen LogP contribution in [-0.4, -0.2) is 17.0 Å². The Labute approximate surface area is 134 Å². The highest BCUT2D eigenvalue weighted by Crippen LogP contribution is 2.34. The van der Waals surface area contributed by atoms with Crippen LogP contribution in [0.1, 0.15) is 5.69 Å². The quantitative estimate of drug-likeness (QED) is 0.633. The van der Waals surface area contributed by atoms with Gasteiger partial charge in [0.05, 0.1) is 15.6 Å². The number of nitrogens with zero attached hydrogens (tertiary/aromatic N) is 2. The summed E-state index contributed by atoms with van der Waals surface area (Å²) in [5.74, 6) is 1.02. The van der Waals surface area contributed by atoms with Gasteiger partial charge in [-0.3, -0.25) is 10.1 Å². The molecule has 0 radical (unpaired) electrons. The van der Waals surface area contributed by atoms with Crippen LogP contribution in [0, 0.1) is 10.1 Å². The van der Waals surface area contributed by atoms with Gasteiger partial charge in [-0.15, -0.1) is 0 Å². The van der Waals surface area contributed by atoms with E-state index in [2.05, 4.69) is 26.2 Å². The summed E-state index contributed by atoms with van der Waals surface area (Å²) in [6, 6.07) is 8.03. The minimum Gasteiger partial charge on any atom is -0.486 e. The van der Waals surface area contributed by atoms with E-state index in [1.807, 2.05) is 0 Å². The van der Waals surface area contributed by atoms with Crippen molar-refractivity contribution >= 4 is 39.0 Å². The van der Waals surface area contributed by atoms with Crippen LogP contribution in [0.4, 0.5) is 11.5 Å². The monoisotopic (exact) mass is 371 g/mol. The second-order valence-corrected chi connectivity index (χ2v) is 5.21. The summed E-state index contributed by atoms with van der Waals surface area (Å²) in [6.45, 7) is 0.105. The molecule has 0 aliphatic carbocycles. The lowest BCUT2D eigenvalue weighted by atomic mass is 10.3. The Kier molecular flexibility index (Phi) is 4.98. The molecule has 0 aliphatic heterocycles. The number of anilines is 1. The van der Waals surface area contributed by atoms with E-state index in [9.17, 15) is 10.1 Å². The maximum Gasteiger partial charge on any atom is 0.287 e. The van der Waals surface area contributed by atoms with Crippen molar-refractivity contribution in [2.75, 3.05) is 12.4 Å². The Morgan fingerprint density at radius 1 is 1.43 bits per heavy atom. The van der Waals surface area contributed by atoms with E-state index in [1.54, 1.807) is 31.3 Å². The number of pyridine rings is 1. The number of aromatic nitrogens is 1. The largest absolute Gasteiger partial charge is 0.486 e. The number of benzene rings is 1. The Morgan fingerprint density at radius 2 is 2.19 bits per heavy atom. The number of ether oxygens (including phenoxy) is 1. The zero-order chi connectivity index (χ0) is 15.4. The van der Waals surface area contributed by atoms with E-state index >= 15 is 0 Å². The van der Waals surface area contributed by atoms with Crippen LogP contribution in [0.5, 0.6) is 5.75 Å². The van der Waals surface area contributed by atoms with E-state index < -0.39 is 4.92 Å². The molecule has 0 aliphatic rings. The van der Waals surface area contributed by atoms with E-state index in [1.165, 1.54) is 6.07 Å². The molecule has 0 atom stereocenters. The van der Waals surface area contributed by atoms with Gasteiger partial charge in [0.2, 0.25) is 0 Å². The molecule has 0 bridgehead atoms. The molecule has 1 N–H and O–H groups in total. The van der Waals surface area contributed by atoms with Gasteiger partial charge in [-0.25, -0.2) is 4.98 Å². The minimum absolute atomic E-state index is 0.0597. The van der Waals surface area contributed by atoms with Crippen molar-refractivity contribution in [2.45, 2.75) is 6.61 Å². The first kappa shape index (κ1) is 15.5. The normalized spacial score (nSPS) is 10.2. The van der Waals surface area contributed by atoms with Crippen molar-refractivity contribution in [2.24, 2.45) is 0 Å². The SMILES string of the molecule is CNc1ccc(Cl)c(COc2cccc([N+](=O)[O-])c2Br)n1. The van der Waals surface area contributed by atoms with Crippen LogP contribution in [0.25, 0.3) is 0 Å². The third-order valence-corrected chi connectivity index (χ3v) is 3.82. The van der Waals surface area contributed by atoms with Crippen LogP contribution < -0.4 is 10.1 Å². The molecular formula is C13H11BrClN3O3. The van der Waals surface area contributed by atoms with E-state index in [0.29, 0.717) is 22.3 Å². The van der Waals surface area contributed by atoms with Gasteiger partial charge in [0.25, 0.3) is 5.69 Å². The molecule has 0 fully saturated rings. The van der Waals surface area contributed by atoms with Gasteiger partial charge in [-0.1, -0.05) is 17.7 Å². The van der Waals surface area contributed by atoms with Crippen LogP contribution in [0.3, 0.4) is 0 Å². The summed E-state index contributed by atoms with van der Waals surface area (Å²) >= 11 is 9.22. The second-order valence-electron chi connectivity index (χ2n) is 4.01. The molecule has 0 saturated heterocycles. The van der Waals surface area contributed by atoms with Crippen molar-refractivity contribution in [3.8, 4) is 5.75 Å². The predicted molar refractivity (Wildman–Crippen MR) is 83.9 cm³/mol. The standard InChI is InChI=1S/C13H11BrClN3O3/c1-16-12-6-5-8(15)9(17-12)7-21-11-4-2-3-10(13(11)14)18(19)20/h2-6H,7H2,1H3,(H,16,17). The Bertz CT molecular complexity index is 682. The van der Waals surface area contributed by atoms with Gasteiger partial charge in [-0.05, 0) is 34.1 Å². The highest BCUT2D eigenvalue weighted by Gasteiger charge is 2.16. The number of rotatable bonds is 5. The Balaban J connectivity index is 2.21. The van der Waals surface area contributed by atoms with Gasteiger partial charge < -0.3 is 10.1 Å². The third kappa shape index (κ3) is 3.62. The molecule has 1 heterocycles. The van der Waals surface area contributed by atoms with Crippen LogP contribution in [0.15, 0.2) is 34.8 Å². The summed E-state index contributed by atoms with van der Waals surface area (Å²) in [6.07, 6.45) is 0. The fraction of sp³-hybridized carbons (Fsp3) is 0.154. The molecule has 110 valence electrons. The molecule has 21 heavy (non-hydrogen) atoms. The van der Waals surface area contributed by atoms with Crippen LogP contribution >= 0.6 is 27.5 Å². The smallest absolute Gasteiger partial charge is 0.287 e. The molecule has 2 aromatic rings. The van der Waals surface area contributed by atoms with E-state index in [-0.39, 0.29) is 16.8 Å². The Hall–Kier alpha value is -1.86. The lowest BCUT2D eigenvalue weighted by molar-refractivity contribution is -0.385. The average Bonchev–Trinajstić information content (AvgIpc) is 2.47. The molecular weight excluding hydrogens is 362 g/mol. The molecule has 1 aromatic heterocycles. The average molecular weight is 373 g/mol. The van der Waals surface area contributed by atoms with Crippen molar-refractivity contribution < 1.29 is 9.66 Å². The molecule has 0 unspecified atom stereocenters. The minimum atomic E-state index is -0.482. The zero-order valence-corrected chi connectivity index (χ0v) is 13.3. The third-order valence-electron chi connectivity index (χ3n) is 2.68. The van der Waals surface area contributed by atoms with Crippen molar-refractivity contribution in [1.82, 2.24) is 4.98 Å². The molecule has 0 saturated carbocycles. The van der Waals surface area contributed by atoms with Crippen molar-refractivity contribution in [1.29, 1.82) is 0 Å². The topological polar surface area (TPSA) is 77.3 Å². The molecule has 0 amide bonds. The maximum absolute atomic E-state index is 10.9. The zero-order valence-electron chi connectivity index (χ0n) is 11.0. The summed E-state index contributed by atoms with van der Waals surface area (Å²) in [5.41, 5.74) is 0.484. The highest BCUT2D eigenvalue weighted by molar-refractivity contribution is 9.10. The number of nitrogens with one attached hydrogen (secondary N) is 1. The molecule has 6 nitrogen and oxygen atoms in total. The summed E-state index contributed by atoms with van der Waals surface area (Å²) in [7, 11) is 1.75. The number of nitro benzene ring substituents is 1. The van der Waals surface area contributed by atoms with Crippen LogP contribution in [0.2, 0.25) is 5.02 Å². The first-order valence-electron chi connectivity index (χ1n) is 5.91. The van der Waals surface area contributed by atoms with Crippen molar-refractivity contribution in [3.05, 3.63) is 55.6 Å². The number of halogens is 2. The number of hydrogen-bond acceptors (Lipinski definition) is 5. The lowest BCUT2D eigenvalue weighted by Gasteiger charge is -2.10. The van der Waals surface area contributed by atoms with Gasteiger partial charge in [0.15, 0.2) is 0 Å². The van der Waals surface area contributed by atoms with Gasteiger partial charge in [-0.2, -0.15) is 0 Å². The Morgan fingerprint density at radius 3 is 2.86 bits per heavy atom. The van der Waals surface area contributed by atoms with Gasteiger partial charge in [0, 0.05) is 13.1 Å². The lowest BCUT2D eigenvalue weighted by Crippen LogP contribution is -2.03. The number of hydrogen-bond donors (Lipinski definition) is 1. The fourth-order valence-corrected chi connectivity index (χ4v) is 2.31. The number of nitro groups is 1. The second kappa shape index (κ2) is 6.73. The van der Waals surface area contributed by atoms with E-state index in [0.717, 1.165) is 0 Å². The summed E-state index contributed by atoms with van der Waals surface area (Å²) in [5, 5.41) is 14.2. The van der Waals surface area contributed by atoms with E-state index in [4.69, 9.17) is 16.3 Å². The predicted octanol–water partition coefficient (Wildman–Crippen LogP) is 4.03. The summed E-state index contributed by atoms with van der Waals surface area (Å²) in [4.78, 5) is 14.7.